The second-order valence-electron chi connectivity index (χ2n) is 7.99. The first-order chi connectivity index (χ1) is 15.4. The number of hydrogen-bond donors (Lipinski definition) is 1. The summed E-state index contributed by atoms with van der Waals surface area (Å²) in [7, 11) is -0.434. The molecule has 0 radical (unpaired) electrons. The van der Waals surface area contributed by atoms with Gasteiger partial charge in [-0.2, -0.15) is 4.31 Å². The van der Waals surface area contributed by atoms with Crippen molar-refractivity contribution in [2.24, 2.45) is 0 Å². The van der Waals surface area contributed by atoms with Crippen LogP contribution >= 0.6 is 0 Å². The molecule has 1 fully saturated rings. The van der Waals surface area contributed by atoms with Crippen LogP contribution in [-0.4, -0.2) is 52.0 Å². The van der Waals surface area contributed by atoms with Crippen molar-refractivity contribution in [1.82, 2.24) is 4.31 Å². The van der Waals surface area contributed by atoms with Crippen LogP contribution < -0.4 is 19.5 Å². The normalized spacial score (nSPS) is 16.6. The lowest BCUT2D eigenvalue weighted by molar-refractivity contribution is 0.102. The van der Waals surface area contributed by atoms with Crippen molar-refractivity contribution in [2.75, 3.05) is 32.7 Å². The Morgan fingerprint density at radius 2 is 1.75 bits per heavy atom. The summed E-state index contributed by atoms with van der Waals surface area (Å²) in [6.45, 7) is 0.812. The molecule has 0 spiro atoms. The van der Waals surface area contributed by atoms with E-state index < -0.39 is 10.0 Å². The van der Waals surface area contributed by atoms with E-state index in [4.69, 9.17) is 14.2 Å². The van der Waals surface area contributed by atoms with E-state index in [0.29, 0.717) is 41.7 Å². The van der Waals surface area contributed by atoms with E-state index >= 15 is 0 Å². The Labute approximate surface area is 188 Å². The van der Waals surface area contributed by atoms with Gasteiger partial charge in [0.25, 0.3) is 5.91 Å². The van der Waals surface area contributed by atoms with Crippen LogP contribution in [-0.2, 0) is 10.0 Å². The number of nitrogens with one attached hydrogen (secondary N) is 1. The van der Waals surface area contributed by atoms with Gasteiger partial charge in [-0.15, -0.1) is 0 Å². The Morgan fingerprint density at radius 1 is 1.06 bits per heavy atom. The number of amides is 1. The van der Waals surface area contributed by atoms with Crippen LogP contribution in [0.25, 0.3) is 0 Å². The van der Waals surface area contributed by atoms with E-state index in [1.54, 1.807) is 31.3 Å². The van der Waals surface area contributed by atoms with E-state index in [9.17, 15) is 13.2 Å². The molecule has 8 nitrogen and oxygen atoms in total. The maximum Gasteiger partial charge on any atom is 0.255 e. The summed E-state index contributed by atoms with van der Waals surface area (Å²) in [5, 5.41) is 2.79. The lowest BCUT2D eigenvalue weighted by Gasteiger charge is -2.30. The number of rotatable bonds is 6. The molecule has 9 heteroatoms. The summed E-state index contributed by atoms with van der Waals surface area (Å²) >= 11 is 0. The standard InChI is InChI=1S/C23H28N2O6S/c1-25(18-6-4-3-5-7-18)32(27,28)19-10-8-17(9-11-19)24-23(26)16-14-20(29-2)22-21(15-16)30-12-13-31-22/h8-11,14-15,18H,3-7,12-13H2,1-2H3,(H,24,26). The van der Waals surface area contributed by atoms with Crippen LogP contribution in [0.5, 0.6) is 17.2 Å². The SMILES string of the molecule is COc1cc(C(=O)Nc2ccc(S(=O)(=O)N(C)C3CCCCC3)cc2)cc2c1OCCO2. The lowest BCUT2D eigenvalue weighted by atomic mass is 9.96. The molecule has 1 aliphatic carbocycles. The molecule has 0 bridgehead atoms. The van der Waals surface area contributed by atoms with E-state index in [1.165, 1.54) is 23.5 Å². The minimum Gasteiger partial charge on any atom is -0.493 e. The lowest BCUT2D eigenvalue weighted by Crippen LogP contribution is -2.38. The van der Waals surface area contributed by atoms with Gasteiger partial charge in [-0.25, -0.2) is 8.42 Å². The van der Waals surface area contributed by atoms with Crippen LogP contribution in [0.3, 0.4) is 0 Å². The van der Waals surface area contributed by atoms with Crippen LogP contribution in [0.4, 0.5) is 5.69 Å². The summed E-state index contributed by atoms with van der Waals surface area (Å²) in [5.41, 5.74) is 0.836. The highest BCUT2D eigenvalue weighted by Gasteiger charge is 2.29. The fourth-order valence-corrected chi connectivity index (χ4v) is 5.54. The van der Waals surface area contributed by atoms with Crippen LogP contribution in [0.2, 0.25) is 0 Å². The Hall–Kier alpha value is -2.78. The number of methoxy groups -OCH3 is 1. The first kappa shape index (κ1) is 22.4. The highest BCUT2D eigenvalue weighted by Crippen LogP contribution is 2.40. The minimum absolute atomic E-state index is 0.0401. The van der Waals surface area contributed by atoms with Crippen molar-refractivity contribution in [2.45, 2.75) is 43.0 Å². The highest BCUT2D eigenvalue weighted by molar-refractivity contribution is 7.89. The van der Waals surface area contributed by atoms with E-state index in [-0.39, 0.29) is 16.8 Å². The number of sulfonamides is 1. The zero-order chi connectivity index (χ0) is 22.7. The predicted octanol–water partition coefficient (Wildman–Crippen LogP) is 3.67. The van der Waals surface area contributed by atoms with Gasteiger partial charge in [0, 0.05) is 24.3 Å². The third-order valence-corrected chi connectivity index (χ3v) is 7.89. The number of carbonyl (C=O) groups excluding carboxylic acids is 1. The van der Waals surface area contributed by atoms with Gasteiger partial charge in [-0.05, 0) is 49.2 Å². The molecule has 0 saturated heterocycles. The predicted molar refractivity (Wildman–Crippen MR) is 120 cm³/mol. The molecule has 1 aliphatic heterocycles. The molecule has 2 aliphatic rings. The number of ether oxygens (including phenoxy) is 3. The largest absolute Gasteiger partial charge is 0.493 e. The van der Waals surface area contributed by atoms with E-state index in [0.717, 1.165) is 32.1 Å². The van der Waals surface area contributed by atoms with Crippen LogP contribution in [0.15, 0.2) is 41.3 Å². The van der Waals surface area contributed by atoms with Crippen molar-refractivity contribution in [3.8, 4) is 17.2 Å². The number of nitrogens with zero attached hydrogens (tertiary/aromatic N) is 1. The third-order valence-electron chi connectivity index (χ3n) is 5.97. The van der Waals surface area contributed by atoms with Gasteiger partial charge < -0.3 is 19.5 Å². The van der Waals surface area contributed by atoms with Gasteiger partial charge in [0.15, 0.2) is 11.5 Å². The number of benzene rings is 2. The van der Waals surface area contributed by atoms with Gasteiger partial charge in [0.2, 0.25) is 15.8 Å². The molecule has 0 unspecified atom stereocenters. The molecule has 0 atom stereocenters. The van der Waals surface area contributed by atoms with E-state index in [2.05, 4.69) is 5.32 Å². The topological polar surface area (TPSA) is 94.2 Å². The molecule has 4 rings (SSSR count). The van der Waals surface area contributed by atoms with Crippen LogP contribution in [0, 0.1) is 0 Å². The highest BCUT2D eigenvalue weighted by atomic mass is 32.2. The minimum atomic E-state index is -3.58. The molecular weight excluding hydrogens is 432 g/mol. The van der Waals surface area contributed by atoms with Crippen molar-refractivity contribution >= 4 is 21.6 Å². The monoisotopic (exact) mass is 460 g/mol. The zero-order valence-electron chi connectivity index (χ0n) is 18.3. The summed E-state index contributed by atoms with van der Waals surface area (Å²) in [4.78, 5) is 13.0. The fourth-order valence-electron chi connectivity index (χ4n) is 4.12. The van der Waals surface area contributed by atoms with Gasteiger partial charge in [-0.1, -0.05) is 19.3 Å². The summed E-state index contributed by atoms with van der Waals surface area (Å²) in [6.07, 6.45) is 5.06. The van der Waals surface area contributed by atoms with Crippen molar-refractivity contribution in [3.63, 3.8) is 0 Å². The van der Waals surface area contributed by atoms with Gasteiger partial charge >= 0.3 is 0 Å². The second kappa shape index (κ2) is 9.38. The average molecular weight is 461 g/mol. The molecule has 1 N–H and O–H groups in total. The van der Waals surface area contributed by atoms with Gasteiger partial charge in [-0.3, -0.25) is 4.79 Å². The molecule has 2 aromatic rings. The first-order valence-electron chi connectivity index (χ1n) is 10.8. The summed E-state index contributed by atoms with van der Waals surface area (Å²) in [6, 6.07) is 9.45. The summed E-state index contributed by atoms with van der Waals surface area (Å²) < 4.78 is 43.9. The zero-order valence-corrected chi connectivity index (χ0v) is 19.1. The number of carbonyl (C=O) groups is 1. The van der Waals surface area contributed by atoms with Gasteiger partial charge in [0.1, 0.15) is 13.2 Å². The molecule has 172 valence electrons. The first-order valence-corrected chi connectivity index (χ1v) is 12.2. The summed E-state index contributed by atoms with van der Waals surface area (Å²) in [5.74, 6) is 0.981. The number of hydrogen-bond acceptors (Lipinski definition) is 6. The number of fused-ring (bicyclic) bond motifs is 1. The molecular formula is C23H28N2O6S. The van der Waals surface area contributed by atoms with Crippen LogP contribution in [0.1, 0.15) is 42.5 Å². The molecule has 2 aromatic carbocycles. The molecule has 1 heterocycles. The fraction of sp³-hybridized carbons (Fsp3) is 0.435. The van der Waals surface area contributed by atoms with Crippen molar-refractivity contribution in [3.05, 3.63) is 42.0 Å². The van der Waals surface area contributed by atoms with Crippen molar-refractivity contribution < 1.29 is 27.4 Å². The molecule has 1 saturated carbocycles. The Morgan fingerprint density at radius 3 is 2.44 bits per heavy atom. The Kier molecular flexibility index (Phi) is 6.57. The quantitative estimate of drug-likeness (QED) is 0.707. The van der Waals surface area contributed by atoms with Crippen molar-refractivity contribution in [1.29, 1.82) is 0 Å². The Balaban J connectivity index is 1.48. The smallest absolute Gasteiger partial charge is 0.255 e. The molecule has 32 heavy (non-hydrogen) atoms. The third kappa shape index (κ3) is 4.54. The molecule has 0 aromatic heterocycles. The van der Waals surface area contributed by atoms with E-state index in [1.807, 2.05) is 0 Å². The van der Waals surface area contributed by atoms with Gasteiger partial charge in [0.05, 0.1) is 12.0 Å². The Bertz CT molecular complexity index is 1060. The maximum absolute atomic E-state index is 13.0. The average Bonchev–Trinajstić information content (AvgIpc) is 2.83. The number of anilines is 1. The maximum atomic E-state index is 13.0. The molecule has 1 amide bonds. The second-order valence-corrected chi connectivity index (χ2v) is 9.99.